The highest BCUT2D eigenvalue weighted by molar-refractivity contribution is 6.03. The van der Waals surface area contributed by atoms with Crippen molar-refractivity contribution < 1.29 is 52.9 Å². The third kappa shape index (κ3) is 10.0. The summed E-state index contributed by atoms with van der Waals surface area (Å²) in [6, 6.07) is 15.0. The summed E-state index contributed by atoms with van der Waals surface area (Å²) in [4.78, 5) is 45.3. The van der Waals surface area contributed by atoms with Crippen LogP contribution in [0.25, 0.3) is 0 Å². The van der Waals surface area contributed by atoms with Crippen LogP contribution in [-0.4, -0.2) is 83.2 Å². The zero-order valence-electron chi connectivity index (χ0n) is 34.4. The fraction of sp³-hybridized carbons (Fsp3) is 0.444. The minimum Gasteiger partial charge on any atom is -0.459 e. The van der Waals surface area contributed by atoms with Gasteiger partial charge in [0.1, 0.15) is 36.2 Å². The molecule has 1 aliphatic heterocycles. The first-order valence-electron chi connectivity index (χ1n) is 20.6. The van der Waals surface area contributed by atoms with E-state index in [1.807, 2.05) is 0 Å². The minimum atomic E-state index is -1.66. The molecule has 6 atom stereocenters. The Balaban J connectivity index is 1.58. The van der Waals surface area contributed by atoms with Gasteiger partial charge in [0.25, 0.3) is 5.69 Å². The lowest BCUT2D eigenvalue weighted by molar-refractivity contribution is -0.384. The van der Waals surface area contributed by atoms with Gasteiger partial charge in [0.15, 0.2) is 0 Å². The lowest BCUT2D eigenvalue weighted by Crippen LogP contribution is -2.70. The molecule has 0 bridgehead atoms. The van der Waals surface area contributed by atoms with Gasteiger partial charge in [-0.15, -0.1) is 6.58 Å². The number of carbonyl (C=O) groups is 2. The first kappa shape index (κ1) is 44.7. The van der Waals surface area contributed by atoms with Crippen molar-refractivity contribution in [1.29, 1.82) is 0 Å². The Hall–Kier alpha value is -5.84. The molecule has 3 aromatic carbocycles. The number of benzene rings is 3. The first-order valence-corrected chi connectivity index (χ1v) is 20.6. The number of carbonyl (C=O) groups excluding carboxylic acids is 2. The summed E-state index contributed by atoms with van der Waals surface area (Å²) < 4.78 is 40.1. The maximum atomic E-state index is 14.8. The van der Waals surface area contributed by atoms with E-state index in [0.29, 0.717) is 49.3 Å². The molecular weight excluding hydrogens is 792 g/mol. The maximum Gasteiger partial charge on any atom is 0.416 e. The molecule has 0 aromatic heterocycles. The van der Waals surface area contributed by atoms with E-state index in [9.17, 15) is 34.3 Å². The summed E-state index contributed by atoms with van der Waals surface area (Å²) in [6.07, 6.45) is 6.35. The molecule has 2 amide bonds. The predicted octanol–water partition coefficient (Wildman–Crippen LogP) is 7.81. The van der Waals surface area contributed by atoms with Crippen molar-refractivity contribution in [3.8, 4) is 17.2 Å². The maximum absolute atomic E-state index is 14.8. The first-order chi connectivity index (χ1) is 29.6. The Bertz CT molecular complexity index is 2080. The summed E-state index contributed by atoms with van der Waals surface area (Å²) in [5.74, 6) is -2.60. The number of allylic oxidation sites excluding steroid dienone is 1. The van der Waals surface area contributed by atoms with E-state index in [1.165, 1.54) is 48.4 Å². The fourth-order valence-electron chi connectivity index (χ4n) is 8.99. The SMILES string of the molecule is C=CCOC12Oc3ccc(OC(=O)NCC)cc3C3C(CCCCO)C(CCCCO)C=C(C(=NOC)CC1N(Cc1ccc(F)cc1)C(=O)Oc1ccc([N+](=O)[O-])cc1)C32. The molecular formula is C45H53FN4O11. The van der Waals surface area contributed by atoms with E-state index in [1.54, 1.807) is 43.3 Å². The number of nitro benzene ring substituents is 1. The highest BCUT2D eigenvalue weighted by Gasteiger charge is 2.65. The van der Waals surface area contributed by atoms with Gasteiger partial charge in [0, 0.05) is 56.3 Å². The Morgan fingerprint density at radius 2 is 1.74 bits per heavy atom. The van der Waals surface area contributed by atoms with Gasteiger partial charge < -0.3 is 39.3 Å². The van der Waals surface area contributed by atoms with Crippen molar-refractivity contribution in [3.05, 3.63) is 118 Å². The molecule has 3 aromatic rings. The van der Waals surface area contributed by atoms with Crippen LogP contribution in [0.3, 0.4) is 0 Å². The number of unbranched alkanes of at least 4 members (excludes halogenated alkanes) is 2. The molecule has 0 saturated heterocycles. The van der Waals surface area contributed by atoms with Crippen LogP contribution in [0.5, 0.6) is 17.2 Å². The number of fused-ring (bicyclic) bond motifs is 2. The van der Waals surface area contributed by atoms with Gasteiger partial charge in [-0.2, -0.15) is 0 Å². The van der Waals surface area contributed by atoms with Gasteiger partial charge in [-0.1, -0.05) is 42.3 Å². The lowest BCUT2D eigenvalue weighted by Gasteiger charge is -2.59. The highest BCUT2D eigenvalue weighted by Crippen LogP contribution is 2.62. The second-order valence-electron chi connectivity index (χ2n) is 15.2. The zero-order valence-corrected chi connectivity index (χ0v) is 34.4. The van der Waals surface area contributed by atoms with E-state index in [2.05, 4.69) is 23.1 Å². The van der Waals surface area contributed by atoms with Gasteiger partial charge >= 0.3 is 12.2 Å². The number of rotatable bonds is 19. The molecule has 15 nitrogen and oxygen atoms in total. The normalized spacial score (nSPS) is 23.1. The molecule has 1 fully saturated rings. The van der Waals surface area contributed by atoms with Crippen LogP contribution in [0, 0.1) is 33.7 Å². The molecule has 3 N–H and O–H groups in total. The van der Waals surface area contributed by atoms with E-state index >= 15 is 0 Å². The number of ether oxygens (including phenoxy) is 4. The van der Waals surface area contributed by atoms with Crippen molar-refractivity contribution in [3.63, 3.8) is 0 Å². The van der Waals surface area contributed by atoms with E-state index < -0.39 is 46.6 Å². The van der Waals surface area contributed by atoms with E-state index in [0.717, 1.165) is 24.0 Å². The number of aliphatic hydroxyl groups excluding tert-OH is 2. The molecule has 0 spiro atoms. The van der Waals surface area contributed by atoms with Crippen LogP contribution >= 0.6 is 0 Å². The number of nitro groups is 1. The second kappa shape index (κ2) is 20.6. The number of non-ortho nitro benzene ring substituents is 1. The summed E-state index contributed by atoms with van der Waals surface area (Å²) in [5.41, 5.74) is 2.42. The van der Waals surface area contributed by atoms with Crippen LogP contribution in [0.2, 0.25) is 0 Å². The third-order valence-corrected chi connectivity index (χ3v) is 11.5. The summed E-state index contributed by atoms with van der Waals surface area (Å²) in [5, 5.41) is 38.3. The van der Waals surface area contributed by atoms with Gasteiger partial charge in [-0.3, -0.25) is 15.0 Å². The standard InChI is InChI=1S/C45H53FN4O11/c1-4-24-58-45-40(49(28-29-12-14-31(46)15-13-29)44(54)60-33-18-16-32(17-19-33)50(55)56)27-38(48-57-3)36-25-30(10-6-8-22-51)35(11-7-9-23-52)41(42(36)45)37-26-34(20-21-39(37)61-45)59-43(53)47-5-2/h4,12-21,25-26,30,35,40-42,51-52H,1,5-11,22-24,27-28H2,2-3H3,(H,47,53). The van der Waals surface area contributed by atoms with Crippen molar-refractivity contribution in [2.24, 2.45) is 22.9 Å². The third-order valence-electron chi connectivity index (χ3n) is 11.5. The number of amides is 2. The number of halogens is 1. The van der Waals surface area contributed by atoms with Crippen molar-refractivity contribution in [2.75, 3.05) is 33.5 Å². The van der Waals surface area contributed by atoms with Gasteiger partial charge in [0.2, 0.25) is 5.79 Å². The van der Waals surface area contributed by atoms with Gasteiger partial charge in [-0.25, -0.2) is 14.0 Å². The smallest absolute Gasteiger partial charge is 0.416 e. The minimum absolute atomic E-state index is 0.00559. The Kier molecular flexibility index (Phi) is 15.1. The molecule has 1 saturated carbocycles. The van der Waals surface area contributed by atoms with Crippen LogP contribution in [0.1, 0.15) is 68.9 Å². The number of nitrogens with one attached hydrogen (secondary N) is 1. The number of aliphatic hydroxyl groups is 2. The largest absolute Gasteiger partial charge is 0.459 e. The van der Waals surface area contributed by atoms with Crippen molar-refractivity contribution in [1.82, 2.24) is 10.2 Å². The lowest BCUT2D eigenvalue weighted by atomic mass is 9.55. The van der Waals surface area contributed by atoms with Gasteiger partial charge in [-0.05, 0) is 98.0 Å². The van der Waals surface area contributed by atoms with Crippen molar-refractivity contribution >= 4 is 23.6 Å². The molecule has 3 aliphatic rings. The Labute approximate surface area is 353 Å². The molecule has 326 valence electrons. The van der Waals surface area contributed by atoms with Crippen LogP contribution in [0.4, 0.5) is 19.7 Å². The topological polar surface area (TPSA) is 192 Å². The summed E-state index contributed by atoms with van der Waals surface area (Å²) >= 11 is 0. The van der Waals surface area contributed by atoms with Crippen LogP contribution < -0.4 is 19.5 Å². The molecule has 16 heteroatoms. The monoisotopic (exact) mass is 844 g/mol. The van der Waals surface area contributed by atoms with Crippen LogP contribution in [0.15, 0.2) is 96.2 Å². The number of hydrogen-bond acceptors (Lipinski definition) is 12. The second-order valence-corrected chi connectivity index (χ2v) is 15.2. The molecule has 61 heavy (non-hydrogen) atoms. The predicted molar refractivity (Wildman–Crippen MR) is 223 cm³/mol. The quantitative estimate of drug-likeness (QED) is 0.0462. The highest BCUT2D eigenvalue weighted by atomic mass is 19.1. The van der Waals surface area contributed by atoms with Crippen LogP contribution in [-0.2, 0) is 16.1 Å². The zero-order chi connectivity index (χ0) is 43.5. The van der Waals surface area contributed by atoms with Crippen molar-refractivity contribution in [2.45, 2.75) is 76.2 Å². The molecule has 6 rings (SSSR count). The van der Waals surface area contributed by atoms with E-state index in [4.69, 9.17) is 23.8 Å². The molecule has 1 heterocycles. The average molecular weight is 845 g/mol. The number of oxime groups is 1. The number of hydrogen-bond donors (Lipinski definition) is 3. The summed E-state index contributed by atoms with van der Waals surface area (Å²) in [6.45, 7) is 6.03. The van der Waals surface area contributed by atoms with E-state index in [-0.39, 0.29) is 61.8 Å². The van der Waals surface area contributed by atoms with Gasteiger partial charge in [0.05, 0.1) is 23.2 Å². The average Bonchev–Trinajstić information content (AvgIpc) is 3.25. The molecule has 2 aliphatic carbocycles. The fourth-order valence-corrected chi connectivity index (χ4v) is 8.99. The number of nitrogens with zero attached hydrogens (tertiary/aromatic N) is 3. The summed E-state index contributed by atoms with van der Waals surface area (Å²) in [7, 11) is 1.44. The Morgan fingerprint density at radius 1 is 1.03 bits per heavy atom. The molecule has 0 radical (unpaired) electrons. The Morgan fingerprint density at radius 3 is 2.39 bits per heavy atom. The molecule has 6 unspecified atom stereocenters.